The third-order valence-electron chi connectivity index (χ3n) is 4.07. The molecule has 0 amide bonds. The van der Waals surface area contributed by atoms with Gasteiger partial charge < -0.3 is 9.84 Å². The Labute approximate surface area is 124 Å². The number of hydrogen-bond acceptors (Lipinski definition) is 4. The van der Waals surface area contributed by atoms with Gasteiger partial charge in [0.25, 0.3) is 0 Å². The Bertz CT molecular complexity index is 502. The first-order chi connectivity index (χ1) is 9.86. The van der Waals surface area contributed by atoms with Crippen LogP contribution in [0.15, 0.2) is 12.1 Å². The predicted molar refractivity (Wildman–Crippen MR) is 80.7 cm³/mol. The van der Waals surface area contributed by atoms with Crippen LogP contribution in [0.5, 0.6) is 0 Å². The van der Waals surface area contributed by atoms with Crippen molar-refractivity contribution in [2.45, 2.75) is 44.4 Å². The van der Waals surface area contributed by atoms with Gasteiger partial charge in [-0.25, -0.2) is 0 Å². The molecular formula is C16H21NO2S. The maximum absolute atomic E-state index is 8.74. The first kappa shape index (κ1) is 14.1. The molecule has 4 heteroatoms. The molecule has 0 aromatic carbocycles. The maximum Gasteiger partial charge on any atom is 0.0771 e. The quantitative estimate of drug-likeness (QED) is 0.867. The molecule has 2 unspecified atom stereocenters. The zero-order valence-electron chi connectivity index (χ0n) is 11.7. The lowest BCUT2D eigenvalue weighted by Gasteiger charge is -2.37. The molecule has 1 saturated heterocycles. The molecule has 2 heterocycles. The van der Waals surface area contributed by atoms with E-state index in [9.17, 15) is 0 Å². The summed E-state index contributed by atoms with van der Waals surface area (Å²) >= 11 is 1.77. The highest BCUT2D eigenvalue weighted by molar-refractivity contribution is 7.12. The molecule has 0 spiro atoms. The molecule has 3 nitrogen and oxygen atoms in total. The summed E-state index contributed by atoms with van der Waals surface area (Å²) in [5.74, 6) is 6.10. The molecule has 1 aliphatic heterocycles. The second kappa shape index (κ2) is 6.73. The minimum absolute atomic E-state index is 0.141. The van der Waals surface area contributed by atoms with E-state index in [1.54, 1.807) is 11.3 Å². The van der Waals surface area contributed by atoms with Crippen molar-refractivity contribution in [2.75, 3.05) is 19.8 Å². The predicted octanol–water partition coefficient (Wildman–Crippen LogP) is 2.24. The van der Waals surface area contributed by atoms with Crippen LogP contribution in [-0.2, 0) is 11.3 Å². The van der Waals surface area contributed by atoms with E-state index in [2.05, 4.69) is 28.9 Å². The van der Waals surface area contributed by atoms with Crippen LogP contribution in [0.3, 0.4) is 0 Å². The van der Waals surface area contributed by atoms with Gasteiger partial charge in [0.05, 0.1) is 24.2 Å². The summed E-state index contributed by atoms with van der Waals surface area (Å²) in [5, 5.41) is 8.74. The third kappa shape index (κ3) is 3.24. The first-order valence-corrected chi connectivity index (χ1v) is 8.22. The number of rotatable bonds is 3. The SMILES string of the molecule is OCCC#Cc1ccc(CN2CCOC3CCCC32)s1. The van der Waals surface area contributed by atoms with Crippen molar-refractivity contribution in [3.8, 4) is 11.8 Å². The summed E-state index contributed by atoms with van der Waals surface area (Å²) in [4.78, 5) is 5.06. The van der Waals surface area contributed by atoms with Crippen LogP contribution >= 0.6 is 11.3 Å². The third-order valence-corrected chi connectivity index (χ3v) is 5.05. The summed E-state index contributed by atoms with van der Waals surface area (Å²) in [7, 11) is 0. The molecule has 0 radical (unpaired) electrons. The van der Waals surface area contributed by atoms with E-state index in [1.807, 2.05) is 0 Å². The number of aliphatic hydroxyl groups is 1. The average molecular weight is 291 g/mol. The Morgan fingerprint density at radius 3 is 3.25 bits per heavy atom. The van der Waals surface area contributed by atoms with E-state index >= 15 is 0 Å². The highest BCUT2D eigenvalue weighted by Gasteiger charge is 2.35. The summed E-state index contributed by atoms with van der Waals surface area (Å²) in [6.45, 7) is 3.08. The van der Waals surface area contributed by atoms with E-state index in [-0.39, 0.29) is 6.61 Å². The van der Waals surface area contributed by atoms with Gasteiger partial charge in [-0.2, -0.15) is 0 Å². The minimum atomic E-state index is 0.141. The lowest BCUT2D eigenvalue weighted by molar-refractivity contribution is -0.0584. The number of morpholine rings is 1. The van der Waals surface area contributed by atoms with Crippen molar-refractivity contribution >= 4 is 11.3 Å². The van der Waals surface area contributed by atoms with Crippen molar-refractivity contribution in [1.82, 2.24) is 4.90 Å². The summed E-state index contributed by atoms with van der Waals surface area (Å²) in [5.41, 5.74) is 0. The fourth-order valence-electron chi connectivity index (χ4n) is 3.14. The zero-order chi connectivity index (χ0) is 13.8. The molecule has 108 valence electrons. The standard InChI is InChI=1S/C16H21NO2S/c18-10-2-1-4-13-7-8-14(20-13)12-17-9-11-19-16-6-3-5-15(16)17/h7-8,15-16,18H,2-3,5-6,9-12H2. The van der Waals surface area contributed by atoms with Crippen LogP contribution < -0.4 is 0 Å². The van der Waals surface area contributed by atoms with Crippen molar-refractivity contribution < 1.29 is 9.84 Å². The topological polar surface area (TPSA) is 32.7 Å². The molecule has 2 fully saturated rings. The minimum Gasteiger partial charge on any atom is -0.395 e. The van der Waals surface area contributed by atoms with Gasteiger partial charge in [0.1, 0.15) is 0 Å². The van der Waals surface area contributed by atoms with Gasteiger partial charge in [0, 0.05) is 30.4 Å². The number of nitrogens with zero attached hydrogens (tertiary/aromatic N) is 1. The van der Waals surface area contributed by atoms with Gasteiger partial charge in [-0.15, -0.1) is 11.3 Å². The Morgan fingerprint density at radius 2 is 2.35 bits per heavy atom. The second-order valence-electron chi connectivity index (χ2n) is 5.42. The largest absolute Gasteiger partial charge is 0.395 e. The van der Waals surface area contributed by atoms with Crippen LogP contribution in [0.2, 0.25) is 0 Å². The van der Waals surface area contributed by atoms with E-state index in [0.717, 1.165) is 24.6 Å². The van der Waals surface area contributed by atoms with E-state index < -0.39 is 0 Å². The lowest BCUT2D eigenvalue weighted by atomic mass is 10.1. The molecule has 2 atom stereocenters. The monoisotopic (exact) mass is 291 g/mol. The summed E-state index contributed by atoms with van der Waals surface area (Å²) < 4.78 is 5.86. The van der Waals surface area contributed by atoms with Crippen molar-refractivity contribution in [1.29, 1.82) is 0 Å². The highest BCUT2D eigenvalue weighted by Crippen LogP contribution is 2.31. The molecule has 2 aliphatic rings. The van der Waals surface area contributed by atoms with E-state index in [4.69, 9.17) is 9.84 Å². The summed E-state index contributed by atoms with van der Waals surface area (Å²) in [6.07, 6.45) is 4.82. The molecule has 1 saturated carbocycles. The smallest absolute Gasteiger partial charge is 0.0771 e. The average Bonchev–Trinajstić information content (AvgIpc) is 3.09. The Morgan fingerprint density at radius 1 is 1.40 bits per heavy atom. The van der Waals surface area contributed by atoms with E-state index in [0.29, 0.717) is 18.6 Å². The van der Waals surface area contributed by atoms with Crippen LogP contribution in [-0.4, -0.2) is 41.9 Å². The molecule has 1 aromatic heterocycles. The Hall–Kier alpha value is -0.860. The molecule has 1 aromatic rings. The van der Waals surface area contributed by atoms with Gasteiger partial charge in [0.2, 0.25) is 0 Å². The van der Waals surface area contributed by atoms with Crippen molar-refractivity contribution in [3.63, 3.8) is 0 Å². The number of ether oxygens (including phenoxy) is 1. The second-order valence-corrected chi connectivity index (χ2v) is 6.59. The fraction of sp³-hybridized carbons (Fsp3) is 0.625. The number of thiophene rings is 1. The summed E-state index contributed by atoms with van der Waals surface area (Å²) in [6, 6.07) is 4.90. The van der Waals surface area contributed by atoms with Crippen LogP contribution in [0.4, 0.5) is 0 Å². The van der Waals surface area contributed by atoms with Crippen molar-refractivity contribution in [2.24, 2.45) is 0 Å². The van der Waals surface area contributed by atoms with Gasteiger partial charge >= 0.3 is 0 Å². The maximum atomic E-state index is 8.74. The molecular weight excluding hydrogens is 270 g/mol. The molecule has 20 heavy (non-hydrogen) atoms. The van der Waals surface area contributed by atoms with Gasteiger partial charge in [-0.1, -0.05) is 11.8 Å². The number of aliphatic hydroxyl groups excluding tert-OH is 1. The first-order valence-electron chi connectivity index (χ1n) is 7.41. The van der Waals surface area contributed by atoms with E-state index in [1.165, 1.54) is 24.1 Å². The molecule has 1 N–H and O–H groups in total. The Kier molecular flexibility index (Phi) is 4.74. The normalized spacial score (nSPS) is 26.1. The number of hydrogen-bond donors (Lipinski definition) is 1. The van der Waals surface area contributed by atoms with Crippen molar-refractivity contribution in [3.05, 3.63) is 21.9 Å². The highest BCUT2D eigenvalue weighted by atomic mass is 32.1. The van der Waals surface area contributed by atoms with Crippen LogP contribution in [0.1, 0.15) is 35.4 Å². The molecule has 1 aliphatic carbocycles. The molecule has 3 rings (SSSR count). The van der Waals surface area contributed by atoms with Gasteiger partial charge in [0.15, 0.2) is 0 Å². The van der Waals surface area contributed by atoms with Gasteiger partial charge in [-0.3, -0.25) is 4.90 Å². The van der Waals surface area contributed by atoms with Gasteiger partial charge in [-0.05, 0) is 31.4 Å². The lowest BCUT2D eigenvalue weighted by Crippen LogP contribution is -2.47. The fourth-order valence-corrected chi connectivity index (χ4v) is 4.05. The van der Waals surface area contributed by atoms with Crippen LogP contribution in [0.25, 0.3) is 0 Å². The number of fused-ring (bicyclic) bond motifs is 1. The van der Waals surface area contributed by atoms with Crippen LogP contribution in [0, 0.1) is 11.8 Å². The molecule has 0 bridgehead atoms. The Balaban J connectivity index is 1.61. The zero-order valence-corrected chi connectivity index (χ0v) is 12.5.